The number of halogens is 1. The van der Waals surface area contributed by atoms with Gasteiger partial charge in [0.15, 0.2) is 5.84 Å². The van der Waals surface area contributed by atoms with E-state index in [2.05, 4.69) is 4.40 Å². The van der Waals surface area contributed by atoms with E-state index in [1.807, 2.05) is 42.1 Å². The average molecular weight is 346 g/mol. The van der Waals surface area contributed by atoms with Crippen LogP contribution in [0.1, 0.15) is 5.56 Å². The molecular formula is C16H12ClN3O2S. The summed E-state index contributed by atoms with van der Waals surface area (Å²) >= 11 is 6.18. The van der Waals surface area contributed by atoms with Gasteiger partial charge >= 0.3 is 0 Å². The maximum absolute atomic E-state index is 11.8. The van der Waals surface area contributed by atoms with E-state index >= 15 is 0 Å². The van der Waals surface area contributed by atoms with Gasteiger partial charge in [-0.05, 0) is 29.8 Å². The van der Waals surface area contributed by atoms with Crippen LogP contribution in [0.25, 0.3) is 16.5 Å². The minimum absolute atomic E-state index is 0.354. The van der Waals surface area contributed by atoms with Crippen molar-refractivity contribution < 1.29 is 8.42 Å². The normalized spacial score (nSPS) is 19.2. The molecule has 5 nitrogen and oxygen atoms in total. The Morgan fingerprint density at radius 1 is 1.22 bits per heavy atom. The molecule has 2 aliphatic heterocycles. The zero-order valence-electron chi connectivity index (χ0n) is 12.1. The first-order chi connectivity index (χ1) is 10.9. The zero-order valence-corrected chi connectivity index (χ0v) is 13.7. The number of rotatable bonds is 1. The van der Waals surface area contributed by atoms with Crippen LogP contribution in [0.4, 0.5) is 0 Å². The van der Waals surface area contributed by atoms with E-state index in [-0.39, 0.29) is 0 Å². The lowest BCUT2D eigenvalue weighted by Crippen LogP contribution is -2.28. The van der Waals surface area contributed by atoms with Crippen molar-refractivity contribution in [3.8, 4) is 0 Å². The summed E-state index contributed by atoms with van der Waals surface area (Å²) in [6, 6.07) is 7.95. The van der Waals surface area contributed by atoms with Crippen LogP contribution >= 0.6 is 11.6 Å². The number of aromatic nitrogens is 1. The Kier molecular flexibility index (Phi) is 3.01. The highest BCUT2D eigenvalue weighted by atomic mass is 35.5. The summed E-state index contributed by atoms with van der Waals surface area (Å²) < 4.78 is 29.5. The molecular weight excluding hydrogens is 334 g/mol. The topological polar surface area (TPSA) is 54.7 Å². The van der Waals surface area contributed by atoms with Crippen molar-refractivity contribution in [3.63, 3.8) is 0 Å². The SMILES string of the molecule is Cn1ccc2cc(C3=CC(Cl)=CN4C=CS(=O)(=O)N=C34)ccc21. The van der Waals surface area contributed by atoms with E-state index in [4.69, 9.17) is 11.6 Å². The summed E-state index contributed by atoms with van der Waals surface area (Å²) in [5.41, 5.74) is 2.64. The highest BCUT2D eigenvalue weighted by molar-refractivity contribution is 7.93. The van der Waals surface area contributed by atoms with E-state index in [1.165, 1.54) is 6.20 Å². The van der Waals surface area contributed by atoms with Crippen molar-refractivity contribution in [3.05, 3.63) is 64.9 Å². The Bertz CT molecular complexity index is 1060. The van der Waals surface area contributed by atoms with E-state index in [0.717, 1.165) is 21.9 Å². The smallest absolute Gasteiger partial charge is 0.278 e. The van der Waals surface area contributed by atoms with Crippen LogP contribution in [0.5, 0.6) is 0 Å². The molecule has 1 aromatic heterocycles. The second kappa shape index (κ2) is 4.84. The van der Waals surface area contributed by atoms with Crippen LogP contribution in [-0.2, 0) is 17.1 Å². The second-order valence-electron chi connectivity index (χ2n) is 5.39. The fraction of sp³-hybridized carbons (Fsp3) is 0.0625. The molecule has 0 saturated heterocycles. The molecule has 0 bridgehead atoms. The lowest BCUT2D eigenvalue weighted by molar-refractivity contribution is 0.602. The van der Waals surface area contributed by atoms with Gasteiger partial charge in [0.25, 0.3) is 10.0 Å². The minimum Gasteiger partial charge on any atom is -0.351 e. The fourth-order valence-corrected chi connectivity index (χ4v) is 3.73. The van der Waals surface area contributed by atoms with Crippen molar-refractivity contribution in [2.24, 2.45) is 11.4 Å². The van der Waals surface area contributed by atoms with E-state index in [0.29, 0.717) is 16.4 Å². The average Bonchev–Trinajstić information content (AvgIpc) is 2.87. The molecule has 23 heavy (non-hydrogen) atoms. The summed E-state index contributed by atoms with van der Waals surface area (Å²) in [5.74, 6) is 0.354. The molecule has 1 aromatic carbocycles. The van der Waals surface area contributed by atoms with Crippen LogP contribution in [0.15, 0.2) is 63.8 Å². The monoisotopic (exact) mass is 345 g/mol. The van der Waals surface area contributed by atoms with E-state index in [9.17, 15) is 8.42 Å². The molecule has 0 aliphatic carbocycles. The van der Waals surface area contributed by atoms with Crippen LogP contribution in [-0.4, -0.2) is 23.7 Å². The molecule has 0 radical (unpaired) electrons. The number of allylic oxidation sites excluding steroid dienone is 2. The third-order valence-electron chi connectivity index (χ3n) is 3.83. The van der Waals surface area contributed by atoms with Crippen molar-refractivity contribution >= 4 is 43.9 Å². The number of sulfonamides is 1. The Hall–Kier alpha value is -2.31. The Morgan fingerprint density at radius 3 is 2.87 bits per heavy atom. The van der Waals surface area contributed by atoms with Crippen molar-refractivity contribution in [2.45, 2.75) is 0 Å². The van der Waals surface area contributed by atoms with Crippen molar-refractivity contribution in [1.29, 1.82) is 0 Å². The molecule has 0 fully saturated rings. The molecule has 0 N–H and O–H groups in total. The second-order valence-corrected chi connectivity index (χ2v) is 7.32. The molecule has 116 valence electrons. The third-order valence-corrected chi connectivity index (χ3v) is 4.93. The summed E-state index contributed by atoms with van der Waals surface area (Å²) in [7, 11) is -1.62. The number of benzene rings is 1. The van der Waals surface area contributed by atoms with Crippen molar-refractivity contribution in [1.82, 2.24) is 9.47 Å². The summed E-state index contributed by atoms with van der Waals surface area (Å²) in [4.78, 5) is 1.62. The summed E-state index contributed by atoms with van der Waals surface area (Å²) in [6.07, 6.45) is 6.80. The first-order valence-corrected chi connectivity index (χ1v) is 8.77. The summed E-state index contributed by atoms with van der Waals surface area (Å²) in [6.45, 7) is 0. The van der Waals surface area contributed by atoms with E-state index in [1.54, 1.807) is 17.2 Å². The van der Waals surface area contributed by atoms with Crippen molar-refractivity contribution in [2.75, 3.05) is 0 Å². The number of nitrogens with zero attached hydrogens (tertiary/aromatic N) is 3. The molecule has 0 saturated carbocycles. The molecule has 2 aliphatic rings. The van der Waals surface area contributed by atoms with Gasteiger partial charge in [-0.15, -0.1) is 4.40 Å². The lowest BCUT2D eigenvalue weighted by Gasteiger charge is -2.26. The van der Waals surface area contributed by atoms with E-state index < -0.39 is 10.0 Å². The number of amidine groups is 1. The molecule has 0 atom stereocenters. The lowest BCUT2D eigenvalue weighted by atomic mass is 10.0. The molecule has 7 heteroatoms. The van der Waals surface area contributed by atoms with Crippen LogP contribution in [0.3, 0.4) is 0 Å². The molecule has 3 heterocycles. The zero-order chi connectivity index (χ0) is 16.2. The standard InChI is InChI=1S/C16H12ClN3O2S/c1-19-5-4-12-8-11(2-3-15(12)19)14-9-13(17)10-20-6-7-23(21,22)18-16(14)20/h2-10H,1H3. The third kappa shape index (κ3) is 2.40. The van der Waals surface area contributed by atoms with Gasteiger partial charge < -0.3 is 9.47 Å². The predicted molar refractivity (Wildman–Crippen MR) is 92.2 cm³/mol. The Balaban J connectivity index is 1.91. The van der Waals surface area contributed by atoms with Gasteiger partial charge in [0.2, 0.25) is 0 Å². The number of aryl methyl sites for hydroxylation is 1. The van der Waals surface area contributed by atoms with Crippen LogP contribution in [0, 0.1) is 0 Å². The molecule has 0 unspecified atom stereocenters. The highest BCUT2D eigenvalue weighted by Gasteiger charge is 2.25. The van der Waals surface area contributed by atoms with Crippen LogP contribution in [0.2, 0.25) is 0 Å². The Labute approximate surface area is 138 Å². The van der Waals surface area contributed by atoms with Gasteiger partial charge in [-0.25, -0.2) is 0 Å². The van der Waals surface area contributed by atoms with Gasteiger partial charge in [-0.2, -0.15) is 8.42 Å². The first-order valence-electron chi connectivity index (χ1n) is 6.89. The van der Waals surface area contributed by atoms with Gasteiger partial charge in [0, 0.05) is 42.1 Å². The van der Waals surface area contributed by atoms with Gasteiger partial charge in [0.1, 0.15) is 0 Å². The minimum atomic E-state index is -3.60. The maximum atomic E-state index is 11.8. The Morgan fingerprint density at radius 2 is 2.04 bits per heavy atom. The number of hydrogen-bond acceptors (Lipinski definition) is 3. The molecule has 0 amide bonds. The number of fused-ring (bicyclic) bond motifs is 2. The fourth-order valence-electron chi connectivity index (χ4n) is 2.74. The largest absolute Gasteiger partial charge is 0.351 e. The first kappa shape index (κ1) is 14.3. The summed E-state index contributed by atoms with van der Waals surface area (Å²) in [5, 5.41) is 2.63. The molecule has 0 spiro atoms. The number of hydrogen-bond donors (Lipinski definition) is 0. The predicted octanol–water partition coefficient (Wildman–Crippen LogP) is 3.17. The van der Waals surface area contributed by atoms with Gasteiger partial charge in [0.05, 0.1) is 10.4 Å². The quantitative estimate of drug-likeness (QED) is 0.797. The van der Waals surface area contributed by atoms with Gasteiger partial charge in [-0.3, -0.25) is 0 Å². The molecule has 4 rings (SSSR count). The molecule has 2 aromatic rings. The van der Waals surface area contributed by atoms with Gasteiger partial charge in [-0.1, -0.05) is 17.7 Å². The van der Waals surface area contributed by atoms with Crippen LogP contribution < -0.4 is 0 Å². The maximum Gasteiger partial charge on any atom is 0.278 e. The highest BCUT2D eigenvalue weighted by Crippen LogP contribution is 2.31.